The Kier molecular flexibility index (Phi) is 4.91. The van der Waals surface area contributed by atoms with Crippen LogP contribution in [-0.2, 0) is 4.79 Å². The quantitative estimate of drug-likeness (QED) is 0.847. The van der Waals surface area contributed by atoms with E-state index in [1.165, 1.54) is 18.2 Å². The van der Waals surface area contributed by atoms with Gasteiger partial charge in [0, 0.05) is 17.2 Å². The molecule has 1 N–H and O–H groups in total. The summed E-state index contributed by atoms with van der Waals surface area (Å²) in [5, 5.41) is 2.55. The first-order valence-corrected chi connectivity index (χ1v) is 6.22. The van der Waals surface area contributed by atoms with Gasteiger partial charge in [-0.05, 0) is 12.1 Å². The second-order valence-corrected chi connectivity index (χ2v) is 5.58. The molecule has 1 rings (SSSR count). The molecule has 1 amide bonds. The number of hydrogen-bond donors (Lipinski definition) is 1. The number of amides is 1. The molecule has 3 nitrogen and oxygen atoms in total. The van der Waals surface area contributed by atoms with Crippen molar-refractivity contribution in [1.29, 1.82) is 0 Å². The van der Waals surface area contributed by atoms with Gasteiger partial charge < -0.3 is 10.1 Å². The van der Waals surface area contributed by atoms with E-state index in [0.717, 1.165) is 6.07 Å². The molecule has 0 bridgehead atoms. The summed E-state index contributed by atoms with van der Waals surface area (Å²) < 4.78 is 42.6. The molecule has 0 radical (unpaired) electrons. The Hall–Kier alpha value is -1.43. The normalized spacial score (nSPS) is 13.8. The first-order chi connectivity index (χ1) is 9.02. The fourth-order valence-electron chi connectivity index (χ4n) is 1.16. The molecule has 0 aromatic heterocycles. The molecule has 1 aromatic rings. The summed E-state index contributed by atoms with van der Waals surface area (Å²) >= 11 is 4.69. The Bertz CT molecular complexity index is 487. The molecule has 0 unspecified atom stereocenters. The van der Waals surface area contributed by atoms with Crippen LogP contribution < -0.4 is 10.1 Å². The molecule has 0 saturated heterocycles. The summed E-state index contributed by atoms with van der Waals surface area (Å²) in [5.74, 6) is -0.591. The van der Waals surface area contributed by atoms with E-state index in [2.05, 4.69) is 10.1 Å². The number of nitrogens with one attached hydrogen (secondary N) is 1. The summed E-state index contributed by atoms with van der Waals surface area (Å²) in [6, 6.07) is 5.27. The third-order valence-corrected chi connectivity index (χ3v) is 2.54. The van der Waals surface area contributed by atoms with E-state index in [9.17, 15) is 18.0 Å². The van der Waals surface area contributed by atoms with Crippen LogP contribution in [0.25, 0.3) is 0 Å². The van der Waals surface area contributed by atoms with Crippen LogP contribution in [0, 0.1) is 5.41 Å². The van der Waals surface area contributed by atoms with Gasteiger partial charge in [0.1, 0.15) is 5.75 Å². The van der Waals surface area contributed by atoms with E-state index in [1.807, 2.05) is 0 Å². The summed E-state index contributed by atoms with van der Waals surface area (Å²) in [5.41, 5.74) is -3.33. The fraction of sp³-hybridized carbons (Fsp3) is 0.462. The highest BCUT2D eigenvalue weighted by atomic mass is 35.5. The number of hydrogen-bond acceptors (Lipinski definition) is 2. The molecule has 1 aromatic carbocycles. The van der Waals surface area contributed by atoms with Crippen LogP contribution in [0.2, 0.25) is 0 Å². The Balaban J connectivity index is 2.84. The standard InChI is InChI=1S/C13H15ClF3NO2/c1-12(2,3)11(19)18-8-5-4-6-9(7-8)20-13(16,17)10(14)15/h4-7,10H,1-3H3,(H,18,19)/t10-/m0/s1. The topological polar surface area (TPSA) is 38.3 Å². The van der Waals surface area contributed by atoms with Gasteiger partial charge in [-0.25, -0.2) is 4.39 Å². The average Bonchev–Trinajstić information content (AvgIpc) is 2.27. The number of rotatable bonds is 4. The number of halogens is 4. The predicted molar refractivity (Wildman–Crippen MR) is 70.9 cm³/mol. The molecule has 0 aliphatic carbocycles. The third-order valence-electron chi connectivity index (χ3n) is 2.28. The zero-order valence-corrected chi connectivity index (χ0v) is 12.0. The van der Waals surface area contributed by atoms with E-state index in [4.69, 9.17) is 11.6 Å². The van der Waals surface area contributed by atoms with Gasteiger partial charge in [-0.3, -0.25) is 4.79 Å². The highest BCUT2D eigenvalue weighted by Gasteiger charge is 2.42. The van der Waals surface area contributed by atoms with E-state index in [-0.39, 0.29) is 17.3 Å². The van der Waals surface area contributed by atoms with Gasteiger partial charge in [0.25, 0.3) is 5.63 Å². The van der Waals surface area contributed by atoms with Crippen LogP contribution >= 0.6 is 11.6 Å². The van der Waals surface area contributed by atoms with Crippen LogP contribution in [0.15, 0.2) is 24.3 Å². The Morgan fingerprint density at radius 1 is 1.35 bits per heavy atom. The average molecular weight is 310 g/mol. The van der Waals surface area contributed by atoms with E-state index < -0.39 is 17.2 Å². The van der Waals surface area contributed by atoms with Gasteiger partial charge in [0.05, 0.1) is 0 Å². The first kappa shape index (κ1) is 16.6. The fourth-order valence-corrected chi connectivity index (χ4v) is 1.20. The maximum absolute atomic E-state index is 13.0. The summed E-state index contributed by atoms with van der Waals surface area (Å²) in [6.07, 6.45) is -4.14. The number of alkyl halides is 4. The van der Waals surface area contributed by atoms with Crippen LogP contribution in [0.3, 0.4) is 0 Å². The van der Waals surface area contributed by atoms with Crippen molar-refractivity contribution in [2.45, 2.75) is 32.5 Å². The largest absolute Gasteiger partial charge is 0.444 e. The Morgan fingerprint density at radius 2 is 1.95 bits per heavy atom. The zero-order chi connectivity index (χ0) is 15.6. The lowest BCUT2D eigenvalue weighted by Gasteiger charge is -2.20. The minimum Gasteiger partial charge on any atom is -0.429 e. The molecule has 20 heavy (non-hydrogen) atoms. The molecule has 112 valence electrons. The highest BCUT2D eigenvalue weighted by molar-refractivity contribution is 6.20. The smallest absolute Gasteiger partial charge is 0.429 e. The minimum atomic E-state index is -4.14. The first-order valence-electron chi connectivity index (χ1n) is 5.79. The van der Waals surface area contributed by atoms with Crippen molar-refractivity contribution in [2.24, 2.45) is 5.41 Å². The zero-order valence-electron chi connectivity index (χ0n) is 11.2. The number of ether oxygens (including phenoxy) is 1. The molecule has 7 heteroatoms. The number of benzene rings is 1. The van der Waals surface area contributed by atoms with Crippen LogP contribution in [-0.4, -0.2) is 17.6 Å². The van der Waals surface area contributed by atoms with Gasteiger partial charge >= 0.3 is 6.11 Å². The molecule has 0 saturated carbocycles. The van der Waals surface area contributed by atoms with Crippen molar-refractivity contribution >= 4 is 23.2 Å². The molecule has 0 aliphatic rings. The monoisotopic (exact) mass is 309 g/mol. The van der Waals surface area contributed by atoms with E-state index in [0.29, 0.717) is 0 Å². The SMILES string of the molecule is CC(C)(C)C(=O)Nc1cccc(OC(F)(F)[C@H](F)Cl)c1. The van der Waals surface area contributed by atoms with Crippen molar-refractivity contribution < 1.29 is 22.7 Å². The predicted octanol–water partition coefficient (Wildman–Crippen LogP) is 4.18. The van der Waals surface area contributed by atoms with Crippen molar-refractivity contribution in [3.63, 3.8) is 0 Å². The molecular formula is C13H15ClF3NO2. The minimum absolute atomic E-state index is 0.267. The lowest BCUT2D eigenvalue weighted by molar-refractivity contribution is -0.198. The van der Waals surface area contributed by atoms with Crippen molar-refractivity contribution in [3.8, 4) is 5.75 Å². The van der Waals surface area contributed by atoms with Crippen LogP contribution in [0.1, 0.15) is 20.8 Å². The molecule has 0 aliphatic heterocycles. The van der Waals surface area contributed by atoms with Crippen LogP contribution in [0.5, 0.6) is 5.75 Å². The third kappa shape index (κ3) is 4.59. The van der Waals surface area contributed by atoms with Gasteiger partial charge in [-0.1, -0.05) is 38.4 Å². The van der Waals surface area contributed by atoms with Gasteiger partial charge in [0.15, 0.2) is 0 Å². The Labute approximate surface area is 120 Å². The lowest BCUT2D eigenvalue weighted by atomic mass is 9.95. The summed E-state index contributed by atoms with van der Waals surface area (Å²) in [7, 11) is 0. The van der Waals surface area contributed by atoms with Gasteiger partial charge in [-0.2, -0.15) is 8.78 Å². The maximum Gasteiger partial charge on any atom is 0.444 e. The number of carbonyl (C=O) groups is 1. The van der Waals surface area contributed by atoms with Crippen LogP contribution in [0.4, 0.5) is 18.9 Å². The summed E-state index contributed by atoms with van der Waals surface area (Å²) in [6.45, 7) is 5.12. The van der Waals surface area contributed by atoms with Crippen molar-refractivity contribution in [3.05, 3.63) is 24.3 Å². The maximum atomic E-state index is 13.0. The number of carbonyl (C=O) groups excluding carboxylic acids is 1. The van der Waals surface area contributed by atoms with Crippen molar-refractivity contribution in [1.82, 2.24) is 0 Å². The Morgan fingerprint density at radius 3 is 2.45 bits per heavy atom. The highest BCUT2D eigenvalue weighted by Crippen LogP contribution is 2.30. The van der Waals surface area contributed by atoms with Crippen molar-refractivity contribution in [2.75, 3.05) is 5.32 Å². The lowest BCUT2D eigenvalue weighted by Crippen LogP contribution is -2.32. The second-order valence-electron chi connectivity index (χ2n) is 5.20. The molecule has 0 fully saturated rings. The van der Waals surface area contributed by atoms with Gasteiger partial charge in [-0.15, -0.1) is 0 Å². The molecule has 1 atom stereocenters. The molecule has 0 heterocycles. The van der Waals surface area contributed by atoms with Gasteiger partial charge in [0.2, 0.25) is 5.91 Å². The number of anilines is 1. The summed E-state index contributed by atoms with van der Waals surface area (Å²) in [4.78, 5) is 11.8. The van der Waals surface area contributed by atoms with E-state index in [1.54, 1.807) is 20.8 Å². The molecule has 0 spiro atoms. The molecular weight excluding hydrogens is 295 g/mol. The second kappa shape index (κ2) is 5.91. The van der Waals surface area contributed by atoms with E-state index >= 15 is 0 Å².